The lowest BCUT2D eigenvalue weighted by molar-refractivity contribution is -0.131. The number of carbonyl (C=O) groups excluding carboxylic acids is 3. The van der Waals surface area contributed by atoms with Crippen LogP contribution >= 0.6 is 0 Å². The number of piperidine rings is 1. The average Bonchev–Trinajstić information content (AvgIpc) is 3.37. The van der Waals surface area contributed by atoms with Crippen molar-refractivity contribution in [3.63, 3.8) is 0 Å². The highest BCUT2D eigenvalue weighted by molar-refractivity contribution is 5.94. The summed E-state index contributed by atoms with van der Waals surface area (Å²) in [6.45, 7) is 2.07. The number of fused-ring (bicyclic) bond motifs is 1. The van der Waals surface area contributed by atoms with E-state index in [4.69, 9.17) is 0 Å². The van der Waals surface area contributed by atoms with Crippen LogP contribution in [0, 0.1) is 17.2 Å². The summed E-state index contributed by atoms with van der Waals surface area (Å²) in [5, 5.41) is 33.3. The number of aromatic nitrogens is 4. The molecular formula is C29H33N9O3. The van der Waals surface area contributed by atoms with Crippen LogP contribution in [0.4, 0.5) is 0 Å². The van der Waals surface area contributed by atoms with Gasteiger partial charge in [-0.05, 0) is 67.5 Å². The number of nitrogens with zero attached hydrogens (tertiary/aromatic N) is 5. The van der Waals surface area contributed by atoms with Crippen molar-refractivity contribution in [3.8, 4) is 6.07 Å². The van der Waals surface area contributed by atoms with Crippen molar-refractivity contribution in [2.45, 2.75) is 49.7 Å². The Balaban J connectivity index is 1.48. The quantitative estimate of drug-likeness (QED) is 0.289. The number of likely N-dealkylation sites (tertiary alicyclic amines) is 1. The first-order valence-electron chi connectivity index (χ1n) is 13.7. The predicted molar refractivity (Wildman–Crippen MR) is 149 cm³/mol. The normalized spacial score (nSPS) is 20.0. The molecule has 2 aromatic carbocycles. The topological polar surface area (TPSA) is 169 Å². The molecule has 1 saturated carbocycles. The lowest BCUT2D eigenvalue weighted by Crippen LogP contribution is -2.46. The first kappa shape index (κ1) is 27.9. The minimum absolute atomic E-state index is 0.0802. The number of rotatable bonds is 10. The van der Waals surface area contributed by atoms with E-state index in [1.165, 1.54) is 0 Å². The van der Waals surface area contributed by atoms with Gasteiger partial charge in [0.2, 0.25) is 5.91 Å². The molecule has 0 spiro atoms. The van der Waals surface area contributed by atoms with Crippen LogP contribution in [-0.4, -0.2) is 82.0 Å². The SMILES string of the molecule is CNC(=O)c1ccc(C(C[C@H](C)NCC(=O)N2[C@H](C#N)C[C@@H]3C[C@@H]32)(c2ccc(C(=O)NC)cc2)c2nn[nH]n2)cc1. The summed E-state index contributed by atoms with van der Waals surface area (Å²) in [5.41, 5.74) is 1.67. The fourth-order valence-corrected chi connectivity index (χ4v) is 6.01. The van der Waals surface area contributed by atoms with Gasteiger partial charge in [0.05, 0.1) is 18.0 Å². The maximum absolute atomic E-state index is 13.1. The number of amides is 3. The first-order valence-corrected chi connectivity index (χ1v) is 13.7. The summed E-state index contributed by atoms with van der Waals surface area (Å²) < 4.78 is 0. The van der Waals surface area contributed by atoms with Gasteiger partial charge in [-0.25, -0.2) is 0 Å². The van der Waals surface area contributed by atoms with Gasteiger partial charge >= 0.3 is 0 Å². The Morgan fingerprint density at radius 1 is 1.02 bits per heavy atom. The molecule has 12 nitrogen and oxygen atoms in total. The van der Waals surface area contributed by atoms with E-state index in [1.54, 1.807) is 43.3 Å². The molecule has 0 unspecified atom stereocenters. The molecule has 2 fully saturated rings. The van der Waals surface area contributed by atoms with Crippen molar-refractivity contribution >= 4 is 17.7 Å². The molecule has 4 N–H and O–H groups in total. The van der Waals surface area contributed by atoms with Gasteiger partial charge in [-0.1, -0.05) is 29.5 Å². The van der Waals surface area contributed by atoms with Gasteiger partial charge in [-0.3, -0.25) is 14.4 Å². The predicted octanol–water partition coefficient (Wildman–Crippen LogP) is 1.13. The summed E-state index contributed by atoms with van der Waals surface area (Å²) in [4.78, 5) is 39.4. The molecular weight excluding hydrogens is 522 g/mol. The maximum atomic E-state index is 13.1. The van der Waals surface area contributed by atoms with Crippen LogP contribution in [0.2, 0.25) is 0 Å². The van der Waals surface area contributed by atoms with Crippen LogP contribution in [0.25, 0.3) is 0 Å². The molecule has 1 aliphatic carbocycles. The van der Waals surface area contributed by atoms with Crippen molar-refractivity contribution in [1.82, 2.24) is 41.5 Å². The molecule has 2 heterocycles. The van der Waals surface area contributed by atoms with E-state index < -0.39 is 5.41 Å². The fraction of sp³-hybridized carbons (Fsp3) is 0.414. The van der Waals surface area contributed by atoms with Gasteiger partial charge in [0, 0.05) is 37.3 Å². The maximum Gasteiger partial charge on any atom is 0.251 e. The molecule has 3 aromatic rings. The molecule has 5 rings (SSSR count). The van der Waals surface area contributed by atoms with Gasteiger partial charge in [-0.15, -0.1) is 10.2 Å². The highest BCUT2D eigenvalue weighted by atomic mass is 16.2. The first-order chi connectivity index (χ1) is 19.8. The zero-order chi connectivity index (χ0) is 29.1. The third kappa shape index (κ3) is 5.28. The van der Waals surface area contributed by atoms with E-state index in [9.17, 15) is 19.6 Å². The number of carbonyl (C=O) groups is 3. The second kappa shape index (κ2) is 11.5. The zero-order valence-corrected chi connectivity index (χ0v) is 23.2. The number of hydrogen-bond donors (Lipinski definition) is 4. The molecule has 1 saturated heterocycles. The summed E-state index contributed by atoms with van der Waals surface area (Å²) in [5.74, 6) is 0.356. The molecule has 41 heavy (non-hydrogen) atoms. The lowest BCUT2D eigenvalue weighted by atomic mass is 9.69. The second-order valence-electron chi connectivity index (χ2n) is 10.7. The standard InChI is InChI=1S/C29H33N9O3/c1-17(33-16-25(39)38-23(15-30)12-20-13-24(20)38)14-29(28-34-36-37-35-28,21-8-4-18(5-9-21)26(40)31-2)22-10-6-19(7-11-22)27(41)32-3/h4-11,17,20,23-24,33H,12-14,16H2,1-3H3,(H,31,40)(H,32,41)(H,34,35,36,37)/t17-,20+,23-,24-/m0/s1. The van der Waals surface area contributed by atoms with Gasteiger partial charge < -0.3 is 20.9 Å². The molecule has 1 aromatic heterocycles. The smallest absolute Gasteiger partial charge is 0.251 e. The van der Waals surface area contributed by atoms with E-state index in [1.807, 2.05) is 31.2 Å². The van der Waals surface area contributed by atoms with Crippen LogP contribution in [0.3, 0.4) is 0 Å². The third-order valence-electron chi connectivity index (χ3n) is 8.22. The van der Waals surface area contributed by atoms with Crippen LogP contribution < -0.4 is 16.0 Å². The lowest BCUT2D eigenvalue weighted by Gasteiger charge is -2.35. The number of benzene rings is 2. The summed E-state index contributed by atoms with van der Waals surface area (Å²) in [6, 6.07) is 16.3. The third-order valence-corrected chi connectivity index (χ3v) is 8.22. The summed E-state index contributed by atoms with van der Waals surface area (Å²) in [6.07, 6.45) is 2.15. The molecule has 212 valence electrons. The largest absolute Gasteiger partial charge is 0.355 e. The van der Waals surface area contributed by atoms with Crippen LogP contribution in [-0.2, 0) is 10.2 Å². The Bertz CT molecular complexity index is 1390. The second-order valence-corrected chi connectivity index (χ2v) is 10.7. The summed E-state index contributed by atoms with van der Waals surface area (Å²) >= 11 is 0. The Hall–Kier alpha value is -4.63. The van der Waals surface area contributed by atoms with Gasteiger partial charge in [0.15, 0.2) is 5.82 Å². The Morgan fingerprint density at radius 3 is 2.10 bits per heavy atom. The van der Waals surface area contributed by atoms with Crippen LogP contribution in [0.15, 0.2) is 48.5 Å². The van der Waals surface area contributed by atoms with Crippen molar-refractivity contribution < 1.29 is 14.4 Å². The van der Waals surface area contributed by atoms with E-state index >= 15 is 0 Å². The minimum Gasteiger partial charge on any atom is -0.355 e. The molecule has 1 aliphatic heterocycles. The van der Waals surface area contributed by atoms with Crippen LogP contribution in [0.5, 0.6) is 0 Å². The zero-order valence-electron chi connectivity index (χ0n) is 23.2. The number of hydrogen-bond acceptors (Lipinski definition) is 8. The van der Waals surface area contributed by atoms with E-state index in [-0.39, 0.29) is 42.4 Å². The number of nitrogens with one attached hydrogen (secondary N) is 4. The number of aromatic amines is 1. The monoisotopic (exact) mass is 555 g/mol. The van der Waals surface area contributed by atoms with Crippen molar-refractivity contribution in [3.05, 3.63) is 76.6 Å². The Labute approximate surface area is 237 Å². The molecule has 3 amide bonds. The molecule has 12 heteroatoms. The van der Waals surface area contributed by atoms with Gasteiger partial charge in [-0.2, -0.15) is 10.5 Å². The van der Waals surface area contributed by atoms with Crippen LogP contribution in [0.1, 0.15) is 63.9 Å². The highest BCUT2D eigenvalue weighted by Gasteiger charge is 2.54. The fourth-order valence-electron chi connectivity index (χ4n) is 6.01. The number of H-pyrrole nitrogens is 1. The van der Waals surface area contributed by atoms with Crippen molar-refractivity contribution in [2.75, 3.05) is 20.6 Å². The molecule has 2 aliphatic rings. The Kier molecular flexibility index (Phi) is 7.81. The van der Waals surface area contributed by atoms with Crippen molar-refractivity contribution in [1.29, 1.82) is 5.26 Å². The van der Waals surface area contributed by atoms with E-state index in [2.05, 4.69) is 42.6 Å². The van der Waals surface area contributed by atoms with E-state index in [0.717, 1.165) is 24.0 Å². The summed E-state index contributed by atoms with van der Waals surface area (Å²) in [7, 11) is 3.15. The average molecular weight is 556 g/mol. The van der Waals surface area contributed by atoms with Gasteiger partial charge in [0.25, 0.3) is 11.8 Å². The molecule has 0 radical (unpaired) electrons. The molecule has 0 bridgehead atoms. The number of nitriles is 1. The van der Waals surface area contributed by atoms with Crippen molar-refractivity contribution in [2.24, 2.45) is 5.92 Å². The Morgan fingerprint density at radius 2 is 1.61 bits per heavy atom. The van der Waals surface area contributed by atoms with E-state index in [0.29, 0.717) is 29.3 Å². The van der Waals surface area contributed by atoms with Gasteiger partial charge in [0.1, 0.15) is 6.04 Å². The minimum atomic E-state index is -0.949. The molecule has 4 atom stereocenters. The highest BCUT2D eigenvalue weighted by Crippen LogP contribution is 2.47. The number of tetrazole rings is 1.